The molecule has 0 rings (SSSR count). The fraction of sp³-hybridized carbons (Fsp3) is 0.700. The van der Waals surface area contributed by atoms with E-state index in [-0.39, 0.29) is 0 Å². The maximum Gasteiger partial charge on any atom is 0.0804 e. The third-order valence-corrected chi connectivity index (χ3v) is 2.35. The molecule has 0 aliphatic heterocycles. The Bertz CT molecular complexity index is 224. The van der Waals surface area contributed by atoms with Gasteiger partial charge in [0.1, 0.15) is 0 Å². The van der Waals surface area contributed by atoms with Gasteiger partial charge in [-0.05, 0) is 18.9 Å². The van der Waals surface area contributed by atoms with E-state index in [0.29, 0.717) is 17.9 Å². The molecule has 1 N–H and O–H groups in total. The molecule has 0 spiro atoms. The maximum absolute atomic E-state index is 10.6. The number of hydrogen-bond donors (Lipinski definition) is 1. The van der Waals surface area contributed by atoms with Gasteiger partial charge in [-0.3, -0.25) is 0 Å². The van der Waals surface area contributed by atoms with E-state index < -0.39 is 5.97 Å². The molecule has 0 aliphatic carbocycles. The molecule has 0 bridgehead atoms. The second-order valence-corrected chi connectivity index (χ2v) is 4.04. The van der Waals surface area contributed by atoms with E-state index in [1.54, 1.807) is 6.92 Å². The van der Waals surface area contributed by atoms with Crippen LogP contribution in [0.2, 0.25) is 0 Å². The van der Waals surface area contributed by atoms with Gasteiger partial charge in [-0.25, -0.2) is 0 Å². The average Bonchev–Trinajstić information content (AvgIpc) is 2.10. The second-order valence-electron chi connectivity index (χ2n) is 3.66. The second kappa shape index (κ2) is 6.85. The van der Waals surface area contributed by atoms with Gasteiger partial charge < -0.3 is 14.8 Å². The van der Waals surface area contributed by atoms with Gasteiger partial charge >= 0.3 is 0 Å². The SMILES string of the molecule is CC(C(=O)[O-])=C(CCCl)CC[NH+](C)C. The zero-order chi connectivity index (χ0) is 11.1. The largest absolute Gasteiger partial charge is 0.545 e. The zero-order valence-corrected chi connectivity index (χ0v) is 9.78. The Kier molecular flexibility index (Phi) is 6.58. The molecule has 3 nitrogen and oxygen atoms in total. The third kappa shape index (κ3) is 5.25. The Balaban J connectivity index is 4.42. The number of rotatable bonds is 6. The lowest BCUT2D eigenvalue weighted by atomic mass is 10.0. The zero-order valence-electron chi connectivity index (χ0n) is 9.02. The molecule has 0 radical (unpaired) electrons. The highest BCUT2D eigenvalue weighted by molar-refractivity contribution is 6.18. The van der Waals surface area contributed by atoms with Gasteiger partial charge in [0.25, 0.3) is 0 Å². The normalized spacial score (nSPS) is 12.9. The fourth-order valence-electron chi connectivity index (χ4n) is 1.16. The molecule has 82 valence electrons. The topological polar surface area (TPSA) is 44.6 Å². The van der Waals surface area contributed by atoms with Crippen molar-refractivity contribution in [2.45, 2.75) is 19.8 Å². The summed E-state index contributed by atoms with van der Waals surface area (Å²) >= 11 is 5.61. The highest BCUT2D eigenvalue weighted by Gasteiger charge is 2.05. The van der Waals surface area contributed by atoms with E-state index in [4.69, 9.17) is 11.6 Å². The highest BCUT2D eigenvalue weighted by Crippen LogP contribution is 2.12. The van der Waals surface area contributed by atoms with E-state index in [9.17, 15) is 9.90 Å². The molecular weight excluding hydrogens is 202 g/mol. The number of carbonyl (C=O) groups is 1. The van der Waals surface area contributed by atoms with Crippen LogP contribution in [0.15, 0.2) is 11.1 Å². The van der Waals surface area contributed by atoms with Crippen molar-refractivity contribution in [3.63, 3.8) is 0 Å². The van der Waals surface area contributed by atoms with Crippen LogP contribution in [0.3, 0.4) is 0 Å². The molecule has 0 unspecified atom stereocenters. The van der Waals surface area contributed by atoms with Crippen molar-refractivity contribution in [1.29, 1.82) is 0 Å². The highest BCUT2D eigenvalue weighted by atomic mass is 35.5. The molecule has 0 aliphatic rings. The van der Waals surface area contributed by atoms with Crippen molar-refractivity contribution in [2.24, 2.45) is 0 Å². The number of nitrogens with one attached hydrogen (secondary N) is 1. The van der Waals surface area contributed by atoms with E-state index in [2.05, 4.69) is 0 Å². The quantitative estimate of drug-likeness (QED) is 0.471. The lowest BCUT2D eigenvalue weighted by Gasteiger charge is -2.13. The van der Waals surface area contributed by atoms with Crippen LogP contribution in [0.4, 0.5) is 0 Å². The van der Waals surface area contributed by atoms with Crippen molar-refractivity contribution in [3.05, 3.63) is 11.1 Å². The molecule has 0 saturated heterocycles. The number of carboxylic acid groups (broad SMARTS) is 1. The first-order valence-corrected chi connectivity index (χ1v) is 5.27. The van der Waals surface area contributed by atoms with E-state index >= 15 is 0 Å². The summed E-state index contributed by atoms with van der Waals surface area (Å²) in [7, 11) is 4.07. The molecule has 0 atom stereocenters. The number of quaternary nitrogens is 1. The van der Waals surface area contributed by atoms with Crippen molar-refractivity contribution in [2.75, 3.05) is 26.5 Å². The summed E-state index contributed by atoms with van der Waals surface area (Å²) in [6.45, 7) is 2.50. The Morgan fingerprint density at radius 1 is 1.36 bits per heavy atom. The predicted octanol–water partition coefficient (Wildman–Crippen LogP) is -0.784. The van der Waals surface area contributed by atoms with Crippen LogP contribution in [0.25, 0.3) is 0 Å². The smallest absolute Gasteiger partial charge is 0.0804 e. The molecule has 0 aromatic heterocycles. The van der Waals surface area contributed by atoms with Gasteiger partial charge in [0.15, 0.2) is 0 Å². The van der Waals surface area contributed by atoms with Crippen molar-refractivity contribution in [1.82, 2.24) is 0 Å². The predicted molar refractivity (Wildman–Crippen MR) is 55.3 cm³/mol. The number of hydrogen-bond acceptors (Lipinski definition) is 2. The Hall–Kier alpha value is -0.540. The van der Waals surface area contributed by atoms with Crippen LogP contribution in [-0.4, -0.2) is 32.5 Å². The molecular formula is C10H18ClNO2. The number of carboxylic acids is 1. The summed E-state index contributed by atoms with van der Waals surface area (Å²) in [4.78, 5) is 11.9. The molecule has 0 amide bonds. The molecule has 0 saturated carbocycles. The first-order valence-electron chi connectivity index (χ1n) is 4.74. The third-order valence-electron chi connectivity index (χ3n) is 2.16. The van der Waals surface area contributed by atoms with Crippen LogP contribution < -0.4 is 10.0 Å². The minimum atomic E-state index is -1.08. The number of halogens is 1. The van der Waals surface area contributed by atoms with Crippen LogP contribution >= 0.6 is 11.6 Å². The van der Waals surface area contributed by atoms with E-state index in [1.807, 2.05) is 14.1 Å². The van der Waals surface area contributed by atoms with Crippen LogP contribution in [0.5, 0.6) is 0 Å². The molecule has 0 fully saturated rings. The summed E-state index contributed by atoms with van der Waals surface area (Å²) in [5.74, 6) is -0.623. The van der Waals surface area contributed by atoms with Crippen LogP contribution in [0.1, 0.15) is 19.8 Å². The average molecular weight is 220 g/mol. The molecule has 4 heteroatoms. The molecule has 0 heterocycles. The van der Waals surface area contributed by atoms with Crippen molar-refractivity contribution >= 4 is 17.6 Å². The summed E-state index contributed by atoms with van der Waals surface area (Å²) in [5, 5.41) is 10.6. The van der Waals surface area contributed by atoms with Gasteiger partial charge in [0, 0.05) is 12.3 Å². The molecule has 0 aromatic rings. The Labute approximate surface area is 90.4 Å². The van der Waals surface area contributed by atoms with Gasteiger partial charge in [-0.2, -0.15) is 0 Å². The number of carbonyl (C=O) groups excluding carboxylic acids is 1. The minimum absolute atomic E-state index is 0.340. The molecule has 14 heavy (non-hydrogen) atoms. The maximum atomic E-state index is 10.6. The molecule has 0 aromatic carbocycles. The first-order chi connectivity index (χ1) is 6.49. The Morgan fingerprint density at radius 2 is 1.93 bits per heavy atom. The van der Waals surface area contributed by atoms with Crippen molar-refractivity contribution < 1.29 is 14.8 Å². The number of aliphatic carboxylic acids is 1. The van der Waals surface area contributed by atoms with Crippen LogP contribution in [-0.2, 0) is 4.79 Å². The van der Waals surface area contributed by atoms with E-state index in [1.165, 1.54) is 4.90 Å². The number of alkyl halides is 1. The van der Waals surface area contributed by atoms with Gasteiger partial charge in [-0.15, -0.1) is 11.6 Å². The standard InChI is InChI=1S/C10H18ClNO2/c1-8(10(13)14)9(4-6-11)5-7-12(2)3/h4-7H2,1-3H3,(H,13,14). The van der Waals surface area contributed by atoms with Crippen molar-refractivity contribution in [3.8, 4) is 0 Å². The first kappa shape index (κ1) is 13.5. The van der Waals surface area contributed by atoms with E-state index in [0.717, 1.165) is 18.5 Å². The summed E-state index contributed by atoms with van der Waals surface area (Å²) in [5.41, 5.74) is 1.24. The van der Waals surface area contributed by atoms with Crippen LogP contribution in [0, 0.1) is 0 Å². The lowest BCUT2D eigenvalue weighted by molar-refractivity contribution is -0.857. The monoisotopic (exact) mass is 219 g/mol. The summed E-state index contributed by atoms with van der Waals surface area (Å²) in [6.07, 6.45) is 1.41. The minimum Gasteiger partial charge on any atom is -0.545 e. The van der Waals surface area contributed by atoms with Gasteiger partial charge in [0.2, 0.25) is 0 Å². The van der Waals surface area contributed by atoms with Gasteiger partial charge in [-0.1, -0.05) is 5.57 Å². The van der Waals surface area contributed by atoms with Gasteiger partial charge in [0.05, 0.1) is 26.6 Å². The summed E-state index contributed by atoms with van der Waals surface area (Å²) in [6, 6.07) is 0. The Morgan fingerprint density at radius 3 is 2.29 bits per heavy atom. The summed E-state index contributed by atoms with van der Waals surface area (Å²) < 4.78 is 0. The lowest BCUT2D eigenvalue weighted by Crippen LogP contribution is -3.05. The fourth-order valence-corrected chi connectivity index (χ4v) is 1.39.